The number of rotatable bonds is 2. The van der Waals surface area contributed by atoms with Gasteiger partial charge in [0.2, 0.25) is 15.9 Å². The van der Waals surface area contributed by atoms with Crippen molar-refractivity contribution < 1.29 is 13.2 Å². The minimum atomic E-state index is -3.40. The van der Waals surface area contributed by atoms with Crippen LogP contribution in [0.5, 0.6) is 0 Å². The lowest BCUT2D eigenvalue weighted by atomic mass is 10.0. The van der Waals surface area contributed by atoms with Crippen LogP contribution in [0.25, 0.3) is 0 Å². The number of benzene rings is 1. The molecule has 1 aromatic carbocycles. The van der Waals surface area contributed by atoms with Crippen molar-refractivity contribution in [2.75, 3.05) is 19.4 Å². The maximum absolute atomic E-state index is 11.9. The second kappa shape index (κ2) is 4.12. The zero-order valence-electron chi connectivity index (χ0n) is 9.73. The lowest BCUT2D eigenvalue weighted by Gasteiger charge is -2.18. The summed E-state index contributed by atoms with van der Waals surface area (Å²) >= 11 is 0. The summed E-state index contributed by atoms with van der Waals surface area (Å²) in [6, 6.07) is 4.78. The van der Waals surface area contributed by atoms with Crippen LogP contribution in [0.1, 0.15) is 12.0 Å². The van der Waals surface area contributed by atoms with Gasteiger partial charge in [-0.1, -0.05) is 0 Å². The molecule has 17 heavy (non-hydrogen) atoms. The first-order valence-electron chi connectivity index (χ1n) is 5.26. The molecule has 0 spiro atoms. The first-order valence-corrected chi connectivity index (χ1v) is 6.70. The topological polar surface area (TPSA) is 66.5 Å². The van der Waals surface area contributed by atoms with Crippen LogP contribution in [0.4, 0.5) is 5.69 Å². The molecular weight excluding hydrogens is 240 g/mol. The Bertz CT molecular complexity index is 564. The first kappa shape index (κ1) is 12.1. The Balaban J connectivity index is 2.45. The van der Waals surface area contributed by atoms with Crippen molar-refractivity contribution in [3.05, 3.63) is 23.8 Å². The zero-order chi connectivity index (χ0) is 12.6. The molecule has 1 aliphatic rings. The van der Waals surface area contributed by atoms with Crippen molar-refractivity contribution in [2.45, 2.75) is 17.7 Å². The lowest BCUT2D eigenvalue weighted by molar-refractivity contribution is -0.116. The molecule has 0 aromatic heterocycles. The Morgan fingerprint density at radius 2 is 1.94 bits per heavy atom. The van der Waals surface area contributed by atoms with Gasteiger partial charge in [-0.05, 0) is 30.2 Å². The smallest absolute Gasteiger partial charge is 0.242 e. The molecule has 0 aliphatic carbocycles. The monoisotopic (exact) mass is 254 g/mol. The van der Waals surface area contributed by atoms with Crippen molar-refractivity contribution >= 4 is 21.6 Å². The largest absolute Gasteiger partial charge is 0.326 e. The summed E-state index contributed by atoms with van der Waals surface area (Å²) in [6.45, 7) is 0. The Morgan fingerprint density at radius 3 is 2.59 bits per heavy atom. The fourth-order valence-corrected chi connectivity index (χ4v) is 2.68. The molecule has 0 fully saturated rings. The van der Waals surface area contributed by atoms with Crippen LogP contribution in [0, 0.1) is 0 Å². The van der Waals surface area contributed by atoms with Gasteiger partial charge < -0.3 is 5.32 Å². The van der Waals surface area contributed by atoms with E-state index in [4.69, 9.17) is 0 Å². The van der Waals surface area contributed by atoms with Gasteiger partial charge in [0.15, 0.2) is 0 Å². The molecule has 92 valence electrons. The molecular formula is C11H14N2O3S. The highest BCUT2D eigenvalue weighted by Crippen LogP contribution is 2.26. The molecule has 0 saturated heterocycles. The van der Waals surface area contributed by atoms with E-state index in [9.17, 15) is 13.2 Å². The third-order valence-corrected chi connectivity index (χ3v) is 4.56. The molecule has 1 heterocycles. The predicted molar refractivity (Wildman–Crippen MR) is 64.3 cm³/mol. The number of nitrogens with one attached hydrogen (secondary N) is 1. The quantitative estimate of drug-likeness (QED) is 0.849. The second-order valence-corrected chi connectivity index (χ2v) is 6.31. The maximum atomic E-state index is 11.9. The Kier molecular flexibility index (Phi) is 2.92. The summed E-state index contributed by atoms with van der Waals surface area (Å²) in [4.78, 5) is 11.4. The van der Waals surface area contributed by atoms with E-state index in [0.29, 0.717) is 18.5 Å². The number of aryl methyl sites for hydroxylation is 1. The van der Waals surface area contributed by atoms with E-state index < -0.39 is 10.0 Å². The number of hydrogen-bond donors (Lipinski definition) is 1. The van der Waals surface area contributed by atoms with E-state index in [-0.39, 0.29) is 10.8 Å². The summed E-state index contributed by atoms with van der Waals surface area (Å²) < 4.78 is 25.0. The standard InChI is InChI=1S/C11H14N2O3S/c1-13(2)17(15,16)9-4-5-10-8(7-9)3-6-11(14)12-10/h4-5,7H,3,6H2,1-2H3,(H,12,14). The summed E-state index contributed by atoms with van der Waals surface area (Å²) in [5.41, 5.74) is 1.58. The number of amides is 1. The van der Waals surface area contributed by atoms with Crippen LogP contribution in [-0.4, -0.2) is 32.7 Å². The molecule has 6 heteroatoms. The number of sulfonamides is 1. The van der Waals surface area contributed by atoms with Crippen LogP contribution in [0.15, 0.2) is 23.1 Å². The van der Waals surface area contributed by atoms with Crippen LogP contribution >= 0.6 is 0 Å². The minimum absolute atomic E-state index is 0.0271. The summed E-state index contributed by atoms with van der Waals surface area (Å²) in [5, 5.41) is 2.72. The molecule has 2 rings (SSSR count). The summed E-state index contributed by atoms with van der Waals surface area (Å²) in [7, 11) is -0.410. The first-order chi connectivity index (χ1) is 7.91. The number of anilines is 1. The number of hydrogen-bond acceptors (Lipinski definition) is 3. The zero-order valence-corrected chi connectivity index (χ0v) is 10.5. The van der Waals surface area contributed by atoms with Gasteiger partial charge in [0.1, 0.15) is 0 Å². The van der Waals surface area contributed by atoms with Gasteiger partial charge in [-0.25, -0.2) is 12.7 Å². The number of fused-ring (bicyclic) bond motifs is 1. The molecule has 1 aliphatic heterocycles. The van der Waals surface area contributed by atoms with Gasteiger partial charge in [-0.2, -0.15) is 0 Å². The van der Waals surface area contributed by atoms with Gasteiger partial charge in [0, 0.05) is 26.2 Å². The Hall–Kier alpha value is -1.40. The van der Waals surface area contributed by atoms with E-state index in [0.717, 1.165) is 5.56 Å². The third-order valence-electron chi connectivity index (χ3n) is 2.75. The van der Waals surface area contributed by atoms with E-state index in [1.165, 1.54) is 24.5 Å². The molecule has 0 radical (unpaired) electrons. The third kappa shape index (κ3) is 2.18. The average molecular weight is 254 g/mol. The lowest BCUT2D eigenvalue weighted by Crippen LogP contribution is -2.23. The van der Waals surface area contributed by atoms with Gasteiger partial charge in [-0.3, -0.25) is 4.79 Å². The molecule has 1 N–H and O–H groups in total. The number of carbonyl (C=O) groups excluding carboxylic acids is 1. The fourth-order valence-electron chi connectivity index (χ4n) is 1.73. The normalized spacial score (nSPS) is 15.6. The van der Waals surface area contributed by atoms with E-state index in [1.807, 2.05) is 0 Å². The van der Waals surface area contributed by atoms with E-state index in [1.54, 1.807) is 12.1 Å². The Morgan fingerprint density at radius 1 is 1.24 bits per heavy atom. The highest BCUT2D eigenvalue weighted by molar-refractivity contribution is 7.89. The number of nitrogens with zero attached hydrogens (tertiary/aromatic N) is 1. The fraction of sp³-hybridized carbons (Fsp3) is 0.364. The van der Waals surface area contributed by atoms with Crippen molar-refractivity contribution in [3.63, 3.8) is 0 Å². The van der Waals surface area contributed by atoms with Crippen LogP contribution < -0.4 is 5.32 Å². The van der Waals surface area contributed by atoms with Crippen molar-refractivity contribution in [1.82, 2.24) is 4.31 Å². The minimum Gasteiger partial charge on any atom is -0.326 e. The van der Waals surface area contributed by atoms with Crippen LogP contribution in [0.3, 0.4) is 0 Å². The SMILES string of the molecule is CN(C)S(=O)(=O)c1ccc2c(c1)CCC(=O)N2. The van der Waals surface area contributed by atoms with Crippen molar-refractivity contribution in [1.29, 1.82) is 0 Å². The van der Waals surface area contributed by atoms with E-state index >= 15 is 0 Å². The van der Waals surface area contributed by atoms with Crippen molar-refractivity contribution in [2.24, 2.45) is 0 Å². The van der Waals surface area contributed by atoms with Gasteiger partial charge in [0.25, 0.3) is 0 Å². The molecule has 5 nitrogen and oxygen atoms in total. The number of carbonyl (C=O) groups is 1. The second-order valence-electron chi connectivity index (χ2n) is 4.15. The molecule has 0 unspecified atom stereocenters. The van der Waals surface area contributed by atoms with E-state index in [2.05, 4.69) is 5.32 Å². The molecule has 1 amide bonds. The molecule has 1 aromatic rings. The summed E-state index contributed by atoms with van der Waals surface area (Å²) in [6.07, 6.45) is 0.983. The molecule has 0 bridgehead atoms. The predicted octanol–water partition coefficient (Wildman–Crippen LogP) is 0.822. The van der Waals surface area contributed by atoms with Crippen LogP contribution in [-0.2, 0) is 21.2 Å². The van der Waals surface area contributed by atoms with Crippen LogP contribution in [0.2, 0.25) is 0 Å². The highest BCUT2D eigenvalue weighted by atomic mass is 32.2. The van der Waals surface area contributed by atoms with Gasteiger partial charge in [0.05, 0.1) is 4.90 Å². The van der Waals surface area contributed by atoms with Gasteiger partial charge in [-0.15, -0.1) is 0 Å². The molecule has 0 atom stereocenters. The highest BCUT2D eigenvalue weighted by Gasteiger charge is 2.21. The molecule has 0 saturated carbocycles. The Labute approximate surface area is 100 Å². The maximum Gasteiger partial charge on any atom is 0.242 e. The summed E-state index contributed by atoms with van der Waals surface area (Å²) in [5.74, 6) is -0.0271. The average Bonchev–Trinajstić information content (AvgIpc) is 2.28. The van der Waals surface area contributed by atoms with Crippen molar-refractivity contribution in [3.8, 4) is 0 Å². The van der Waals surface area contributed by atoms with Gasteiger partial charge >= 0.3 is 0 Å².